The molecule has 0 spiro atoms. The molecule has 0 fully saturated rings. The third-order valence-electron chi connectivity index (χ3n) is 3.15. The molecule has 1 amide bonds. The van der Waals surface area contributed by atoms with Gasteiger partial charge in [0, 0.05) is 31.4 Å². The number of amides is 1. The third kappa shape index (κ3) is 3.75. The molecule has 2 rings (SSSR count). The van der Waals surface area contributed by atoms with Gasteiger partial charge in [0.1, 0.15) is 0 Å². The van der Waals surface area contributed by atoms with Crippen LogP contribution >= 0.6 is 0 Å². The lowest BCUT2D eigenvalue weighted by molar-refractivity contribution is -0.130. The highest BCUT2D eigenvalue weighted by Crippen LogP contribution is 2.13. The van der Waals surface area contributed by atoms with Crippen LogP contribution in [0, 0.1) is 0 Å². The van der Waals surface area contributed by atoms with Crippen molar-refractivity contribution in [1.29, 1.82) is 0 Å². The maximum absolute atomic E-state index is 11.8. The Labute approximate surface area is 119 Å². The zero-order chi connectivity index (χ0) is 14.5. The molecule has 0 aliphatic rings. The van der Waals surface area contributed by atoms with Gasteiger partial charge in [-0.25, -0.2) is 0 Å². The quantitative estimate of drug-likeness (QED) is 0.837. The number of benzene rings is 2. The second-order valence-electron chi connectivity index (χ2n) is 4.86. The van der Waals surface area contributed by atoms with Crippen LogP contribution in [-0.2, 0) is 17.9 Å². The maximum Gasteiger partial charge on any atom is 0.220 e. The number of rotatable bonds is 4. The zero-order valence-corrected chi connectivity index (χ0v) is 11.5. The van der Waals surface area contributed by atoms with E-state index < -0.39 is 0 Å². The molecule has 0 heterocycles. The van der Waals surface area contributed by atoms with Crippen molar-refractivity contribution in [1.82, 2.24) is 4.90 Å². The summed E-state index contributed by atoms with van der Waals surface area (Å²) in [5.74, 6) is 0.0404. The molecule has 4 N–H and O–H groups in total. The van der Waals surface area contributed by atoms with E-state index in [1.54, 1.807) is 11.8 Å². The smallest absolute Gasteiger partial charge is 0.220 e. The summed E-state index contributed by atoms with van der Waals surface area (Å²) in [6.07, 6.45) is 0. The number of hydrogen-bond donors (Lipinski definition) is 2. The van der Waals surface area contributed by atoms with E-state index in [2.05, 4.69) is 0 Å². The summed E-state index contributed by atoms with van der Waals surface area (Å²) in [4.78, 5) is 13.6. The fourth-order valence-corrected chi connectivity index (χ4v) is 1.97. The van der Waals surface area contributed by atoms with Crippen LogP contribution in [0.4, 0.5) is 11.4 Å². The first-order valence-corrected chi connectivity index (χ1v) is 6.49. The van der Waals surface area contributed by atoms with Crippen LogP contribution in [0.2, 0.25) is 0 Å². The second-order valence-corrected chi connectivity index (χ2v) is 4.86. The SMILES string of the molecule is CC(=O)N(Cc1ccc(N)cc1)Cc1ccc(N)cc1. The highest BCUT2D eigenvalue weighted by Gasteiger charge is 2.10. The van der Waals surface area contributed by atoms with E-state index in [0.29, 0.717) is 13.1 Å². The highest BCUT2D eigenvalue weighted by molar-refractivity contribution is 5.73. The Balaban J connectivity index is 2.09. The summed E-state index contributed by atoms with van der Waals surface area (Å²) >= 11 is 0. The van der Waals surface area contributed by atoms with Gasteiger partial charge in [-0.05, 0) is 35.4 Å². The van der Waals surface area contributed by atoms with E-state index in [1.165, 1.54) is 0 Å². The number of hydrogen-bond acceptors (Lipinski definition) is 3. The van der Waals surface area contributed by atoms with Crippen molar-refractivity contribution in [2.24, 2.45) is 0 Å². The van der Waals surface area contributed by atoms with Crippen LogP contribution in [0.25, 0.3) is 0 Å². The topological polar surface area (TPSA) is 72.3 Å². The maximum atomic E-state index is 11.8. The van der Waals surface area contributed by atoms with Gasteiger partial charge in [-0.15, -0.1) is 0 Å². The van der Waals surface area contributed by atoms with Crippen molar-refractivity contribution in [2.75, 3.05) is 11.5 Å². The van der Waals surface area contributed by atoms with Gasteiger partial charge in [-0.3, -0.25) is 4.79 Å². The first-order valence-electron chi connectivity index (χ1n) is 6.49. The van der Waals surface area contributed by atoms with E-state index in [9.17, 15) is 4.79 Å². The fourth-order valence-electron chi connectivity index (χ4n) is 1.97. The number of nitrogens with zero attached hydrogens (tertiary/aromatic N) is 1. The lowest BCUT2D eigenvalue weighted by Crippen LogP contribution is -2.27. The van der Waals surface area contributed by atoms with Crippen molar-refractivity contribution >= 4 is 17.3 Å². The monoisotopic (exact) mass is 269 g/mol. The summed E-state index contributed by atoms with van der Waals surface area (Å²) in [5, 5.41) is 0. The number of nitrogen functional groups attached to an aromatic ring is 2. The predicted molar refractivity (Wildman–Crippen MR) is 81.6 cm³/mol. The summed E-state index contributed by atoms with van der Waals surface area (Å²) in [6, 6.07) is 15.1. The normalized spacial score (nSPS) is 10.2. The van der Waals surface area contributed by atoms with Gasteiger partial charge in [0.05, 0.1) is 0 Å². The fraction of sp³-hybridized carbons (Fsp3) is 0.188. The molecule has 0 aliphatic heterocycles. The Hall–Kier alpha value is -2.49. The first kappa shape index (κ1) is 13.9. The predicted octanol–water partition coefficient (Wildman–Crippen LogP) is 2.40. The Kier molecular flexibility index (Phi) is 4.25. The lowest BCUT2D eigenvalue weighted by Gasteiger charge is -2.21. The molecule has 0 radical (unpaired) electrons. The van der Waals surface area contributed by atoms with Crippen LogP contribution < -0.4 is 11.5 Å². The second kappa shape index (κ2) is 6.10. The number of nitrogens with two attached hydrogens (primary N) is 2. The molecule has 0 atom stereocenters. The van der Waals surface area contributed by atoms with E-state index in [-0.39, 0.29) is 5.91 Å². The largest absolute Gasteiger partial charge is 0.399 e. The van der Waals surface area contributed by atoms with Crippen molar-refractivity contribution < 1.29 is 4.79 Å². The first-order chi connectivity index (χ1) is 9.54. The zero-order valence-electron chi connectivity index (χ0n) is 11.5. The molecule has 0 bridgehead atoms. The van der Waals surface area contributed by atoms with E-state index >= 15 is 0 Å². The Morgan fingerprint density at radius 1 is 0.850 bits per heavy atom. The molecule has 2 aromatic carbocycles. The minimum absolute atomic E-state index is 0.0404. The summed E-state index contributed by atoms with van der Waals surface area (Å²) < 4.78 is 0. The molecule has 4 nitrogen and oxygen atoms in total. The molecular formula is C16H19N3O. The lowest BCUT2D eigenvalue weighted by atomic mass is 10.1. The number of anilines is 2. The molecule has 0 saturated heterocycles. The van der Waals surface area contributed by atoms with E-state index in [4.69, 9.17) is 11.5 Å². The Morgan fingerprint density at radius 3 is 1.50 bits per heavy atom. The molecule has 4 heteroatoms. The van der Waals surface area contributed by atoms with Gasteiger partial charge < -0.3 is 16.4 Å². The van der Waals surface area contributed by atoms with Gasteiger partial charge in [-0.1, -0.05) is 24.3 Å². The van der Waals surface area contributed by atoms with Gasteiger partial charge in [0.25, 0.3) is 0 Å². The van der Waals surface area contributed by atoms with Gasteiger partial charge in [0.2, 0.25) is 5.91 Å². The molecule has 0 unspecified atom stereocenters. The summed E-state index contributed by atoms with van der Waals surface area (Å²) in [6.45, 7) is 2.72. The molecule has 0 aromatic heterocycles. The van der Waals surface area contributed by atoms with Crippen LogP contribution in [0.15, 0.2) is 48.5 Å². The van der Waals surface area contributed by atoms with E-state index in [0.717, 1.165) is 22.5 Å². The van der Waals surface area contributed by atoms with Crippen LogP contribution in [0.3, 0.4) is 0 Å². The number of carbonyl (C=O) groups excluding carboxylic acids is 1. The highest BCUT2D eigenvalue weighted by atomic mass is 16.2. The van der Waals surface area contributed by atoms with Crippen molar-refractivity contribution in [3.05, 3.63) is 59.7 Å². The molecule has 2 aromatic rings. The van der Waals surface area contributed by atoms with Crippen molar-refractivity contribution in [3.63, 3.8) is 0 Å². The van der Waals surface area contributed by atoms with Crippen molar-refractivity contribution in [3.8, 4) is 0 Å². The number of carbonyl (C=O) groups is 1. The van der Waals surface area contributed by atoms with Crippen LogP contribution in [0.5, 0.6) is 0 Å². The average molecular weight is 269 g/mol. The van der Waals surface area contributed by atoms with Gasteiger partial charge in [0.15, 0.2) is 0 Å². The minimum atomic E-state index is 0.0404. The van der Waals surface area contributed by atoms with E-state index in [1.807, 2.05) is 48.5 Å². The van der Waals surface area contributed by atoms with Gasteiger partial charge in [-0.2, -0.15) is 0 Å². The standard InChI is InChI=1S/C16H19N3O/c1-12(20)19(10-13-2-6-15(17)7-3-13)11-14-4-8-16(18)9-5-14/h2-9H,10-11,17-18H2,1H3. The summed E-state index contributed by atoms with van der Waals surface area (Å²) in [5.41, 5.74) is 14.9. The molecule has 0 aliphatic carbocycles. The molecule has 104 valence electrons. The average Bonchev–Trinajstić information content (AvgIpc) is 2.42. The van der Waals surface area contributed by atoms with Crippen LogP contribution in [-0.4, -0.2) is 10.8 Å². The Morgan fingerprint density at radius 2 is 1.20 bits per heavy atom. The third-order valence-corrected chi connectivity index (χ3v) is 3.15. The molecule has 0 saturated carbocycles. The molecule has 20 heavy (non-hydrogen) atoms. The van der Waals surface area contributed by atoms with Crippen LogP contribution in [0.1, 0.15) is 18.1 Å². The van der Waals surface area contributed by atoms with Gasteiger partial charge >= 0.3 is 0 Å². The minimum Gasteiger partial charge on any atom is -0.399 e. The summed E-state index contributed by atoms with van der Waals surface area (Å²) in [7, 11) is 0. The Bertz CT molecular complexity index is 528. The van der Waals surface area contributed by atoms with Crippen molar-refractivity contribution in [2.45, 2.75) is 20.0 Å². The molecular weight excluding hydrogens is 250 g/mol.